The fourth-order valence-corrected chi connectivity index (χ4v) is 1.01. The highest BCUT2D eigenvalue weighted by Crippen LogP contribution is 2.06. The summed E-state index contributed by atoms with van der Waals surface area (Å²) in [5.74, 6) is 0.689. The molecule has 1 heterocycles. The van der Waals surface area contributed by atoms with E-state index in [4.69, 9.17) is 0 Å². The second kappa shape index (κ2) is 3.55. The number of urea groups is 1. The minimum atomic E-state index is -0.0392. The van der Waals surface area contributed by atoms with Gasteiger partial charge in [0.1, 0.15) is 0 Å². The molecule has 1 aliphatic heterocycles. The molecule has 1 rings (SSSR count). The van der Waals surface area contributed by atoms with Crippen molar-refractivity contribution in [1.29, 1.82) is 0 Å². The van der Waals surface area contributed by atoms with Gasteiger partial charge in [-0.2, -0.15) is 5.10 Å². The predicted molar refractivity (Wildman–Crippen MR) is 52.0 cm³/mol. The number of amidine groups is 1. The normalized spacial score (nSPS) is 20.0. The van der Waals surface area contributed by atoms with Crippen molar-refractivity contribution in [1.82, 2.24) is 9.80 Å². The lowest BCUT2D eigenvalue weighted by Gasteiger charge is -2.07. The lowest BCUT2D eigenvalue weighted by Crippen LogP contribution is -2.27. The third-order valence-corrected chi connectivity index (χ3v) is 1.74. The van der Waals surface area contributed by atoms with Gasteiger partial charge in [0.05, 0.1) is 6.54 Å². The monoisotopic (exact) mass is 182 g/mol. The van der Waals surface area contributed by atoms with Crippen molar-refractivity contribution in [2.75, 3.05) is 20.6 Å². The highest BCUT2D eigenvalue weighted by Gasteiger charge is 2.28. The van der Waals surface area contributed by atoms with Gasteiger partial charge in [0.25, 0.3) is 0 Å². The van der Waals surface area contributed by atoms with E-state index < -0.39 is 0 Å². The molecule has 0 saturated carbocycles. The van der Waals surface area contributed by atoms with Gasteiger partial charge in [-0.15, -0.1) is 5.10 Å². The summed E-state index contributed by atoms with van der Waals surface area (Å²) in [6.45, 7) is 4.27. The summed E-state index contributed by atoms with van der Waals surface area (Å²) < 4.78 is 0. The van der Waals surface area contributed by atoms with E-state index in [1.807, 2.05) is 13.8 Å². The molecule has 0 aromatic rings. The van der Waals surface area contributed by atoms with Gasteiger partial charge in [-0.25, -0.2) is 4.79 Å². The summed E-state index contributed by atoms with van der Waals surface area (Å²) in [6.07, 6.45) is 0. The van der Waals surface area contributed by atoms with Crippen molar-refractivity contribution >= 4 is 17.6 Å². The van der Waals surface area contributed by atoms with Crippen molar-refractivity contribution in [2.45, 2.75) is 13.8 Å². The zero-order chi connectivity index (χ0) is 10.0. The van der Waals surface area contributed by atoms with Crippen LogP contribution in [0, 0.1) is 0 Å². The molecule has 2 amide bonds. The Morgan fingerprint density at radius 2 is 2.00 bits per heavy atom. The average molecular weight is 182 g/mol. The van der Waals surface area contributed by atoms with Crippen LogP contribution in [0.5, 0.6) is 0 Å². The van der Waals surface area contributed by atoms with E-state index >= 15 is 0 Å². The minimum Gasteiger partial charge on any atom is -0.320 e. The highest BCUT2D eigenvalue weighted by atomic mass is 16.2. The predicted octanol–water partition coefficient (Wildman–Crippen LogP) is 0.778. The Morgan fingerprint density at radius 1 is 1.38 bits per heavy atom. The molecule has 0 atom stereocenters. The minimum absolute atomic E-state index is 0.0392. The molecule has 0 N–H and O–H groups in total. The summed E-state index contributed by atoms with van der Waals surface area (Å²) in [5, 5.41) is 7.88. The first kappa shape index (κ1) is 9.70. The second-order valence-corrected chi connectivity index (χ2v) is 3.26. The number of amides is 2. The molecular formula is C8H14N4O. The molecule has 0 radical (unpaired) electrons. The maximum absolute atomic E-state index is 11.3. The maximum Gasteiger partial charge on any atom is 0.325 e. The second-order valence-electron chi connectivity index (χ2n) is 3.26. The quantitative estimate of drug-likeness (QED) is 0.436. The van der Waals surface area contributed by atoms with Crippen LogP contribution in [-0.2, 0) is 0 Å². The molecule has 0 aliphatic carbocycles. The van der Waals surface area contributed by atoms with Crippen LogP contribution in [0.2, 0.25) is 0 Å². The number of hydrogen-bond acceptors (Lipinski definition) is 3. The largest absolute Gasteiger partial charge is 0.325 e. The lowest BCUT2D eigenvalue weighted by molar-refractivity contribution is 0.209. The van der Waals surface area contributed by atoms with Crippen LogP contribution >= 0.6 is 0 Å². The number of carbonyl (C=O) groups is 1. The first-order valence-corrected chi connectivity index (χ1v) is 4.09. The molecular weight excluding hydrogens is 168 g/mol. The summed E-state index contributed by atoms with van der Waals surface area (Å²) in [4.78, 5) is 14.4. The van der Waals surface area contributed by atoms with Crippen LogP contribution in [0.1, 0.15) is 13.8 Å². The van der Waals surface area contributed by atoms with Crippen molar-refractivity contribution in [3.63, 3.8) is 0 Å². The molecule has 0 spiro atoms. The van der Waals surface area contributed by atoms with E-state index in [9.17, 15) is 4.79 Å². The van der Waals surface area contributed by atoms with Gasteiger partial charge >= 0.3 is 6.03 Å². The van der Waals surface area contributed by atoms with Gasteiger partial charge in [0.15, 0.2) is 5.84 Å². The molecule has 0 bridgehead atoms. The molecule has 1 saturated heterocycles. The van der Waals surface area contributed by atoms with Crippen molar-refractivity contribution in [2.24, 2.45) is 10.2 Å². The van der Waals surface area contributed by atoms with E-state index in [0.29, 0.717) is 12.4 Å². The molecule has 0 unspecified atom stereocenters. The van der Waals surface area contributed by atoms with Crippen LogP contribution in [0.3, 0.4) is 0 Å². The van der Waals surface area contributed by atoms with Gasteiger partial charge < -0.3 is 4.90 Å². The van der Waals surface area contributed by atoms with Gasteiger partial charge in [-0.05, 0) is 13.8 Å². The third kappa shape index (κ3) is 2.05. The van der Waals surface area contributed by atoms with Crippen LogP contribution < -0.4 is 0 Å². The van der Waals surface area contributed by atoms with E-state index in [-0.39, 0.29) is 6.03 Å². The van der Waals surface area contributed by atoms with Gasteiger partial charge in [-0.1, -0.05) is 0 Å². The van der Waals surface area contributed by atoms with E-state index in [0.717, 1.165) is 5.71 Å². The number of rotatable bonds is 1. The molecule has 0 aromatic heterocycles. The Bertz CT molecular complexity index is 278. The van der Waals surface area contributed by atoms with Crippen LogP contribution in [-0.4, -0.2) is 48.0 Å². The van der Waals surface area contributed by atoms with Gasteiger partial charge in [0.2, 0.25) is 0 Å². The van der Waals surface area contributed by atoms with Crippen LogP contribution in [0.25, 0.3) is 0 Å². The summed E-state index contributed by atoms with van der Waals surface area (Å²) in [7, 11) is 3.44. The molecule has 5 nitrogen and oxygen atoms in total. The Labute approximate surface area is 77.7 Å². The molecule has 5 heteroatoms. The average Bonchev–Trinajstić information content (AvgIpc) is 2.29. The zero-order valence-corrected chi connectivity index (χ0v) is 8.40. The summed E-state index contributed by atoms with van der Waals surface area (Å²) >= 11 is 0. The fraction of sp³-hybridized carbons (Fsp3) is 0.625. The Balaban J connectivity index is 2.79. The third-order valence-electron chi connectivity index (χ3n) is 1.74. The molecule has 72 valence electrons. The Hall–Kier alpha value is -1.39. The van der Waals surface area contributed by atoms with Crippen LogP contribution in [0.4, 0.5) is 4.79 Å². The Kier molecular flexibility index (Phi) is 2.65. The smallest absolute Gasteiger partial charge is 0.320 e. The SMILES string of the molecule is CC(C)=NN=C1CN(C)C(=O)N1C. The summed E-state index contributed by atoms with van der Waals surface area (Å²) in [5.41, 5.74) is 0.878. The zero-order valence-electron chi connectivity index (χ0n) is 8.40. The van der Waals surface area contributed by atoms with Crippen molar-refractivity contribution in [3.05, 3.63) is 0 Å². The van der Waals surface area contributed by atoms with Gasteiger partial charge in [0, 0.05) is 19.8 Å². The topological polar surface area (TPSA) is 48.3 Å². The summed E-state index contributed by atoms with van der Waals surface area (Å²) in [6, 6.07) is -0.0392. The number of likely N-dealkylation sites (N-methyl/N-ethyl adjacent to an activating group) is 2. The maximum atomic E-state index is 11.3. The van der Waals surface area contributed by atoms with Crippen molar-refractivity contribution < 1.29 is 4.79 Å². The van der Waals surface area contributed by atoms with Crippen LogP contribution in [0.15, 0.2) is 10.2 Å². The van der Waals surface area contributed by atoms with E-state index in [1.54, 1.807) is 19.0 Å². The van der Waals surface area contributed by atoms with Crippen molar-refractivity contribution in [3.8, 4) is 0 Å². The van der Waals surface area contributed by atoms with E-state index in [1.165, 1.54) is 4.90 Å². The molecule has 0 aromatic carbocycles. The van der Waals surface area contributed by atoms with Gasteiger partial charge in [-0.3, -0.25) is 4.90 Å². The standard InChI is InChI=1S/C8H14N4O/c1-6(2)9-10-7-5-11(3)8(13)12(7)4/h5H2,1-4H3. The first-order chi connectivity index (χ1) is 6.02. The number of carbonyl (C=O) groups excluding carboxylic acids is 1. The Morgan fingerprint density at radius 3 is 2.38 bits per heavy atom. The first-order valence-electron chi connectivity index (χ1n) is 4.09. The highest BCUT2D eigenvalue weighted by molar-refractivity contribution is 6.04. The molecule has 1 aliphatic rings. The molecule has 1 fully saturated rings. The fourth-order valence-electron chi connectivity index (χ4n) is 1.01. The number of hydrogen-bond donors (Lipinski definition) is 0. The number of nitrogens with zero attached hydrogens (tertiary/aromatic N) is 4. The lowest BCUT2D eigenvalue weighted by atomic mass is 10.5. The van der Waals surface area contributed by atoms with E-state index in [2.05, 4.69) is 10.2 Å². The molecule has 13 heavy (non-hydrogen) atoms.